The molecule has 0 saturated carbocycles. The normalized spacial score (nSPS) is 17.6. The molecule has 0 amide bonds. The first-order valence-corrected chi connectivity index (χ1v) is 17.7. The van der Waals surface area contributed by atoms with Crippen LogP contribution < -0.4 is 9.64 Å². The van der Waals surface area contributed by atoms with Crippen molar-refractivity contribution in [1.82, 2.24) is 9.97 Å². The van der Waals surface area contributed by atoms with Crippen LogP contribution in [0, 0.1) is 5.41 Å². The van der Waals surface area contributed by atoms with E-state index < -0.39 is 0 Å². The molecule has 2 aliphatic heterocycles. The lowest BCUT2D eigenvalue weighted by Crippen LogP contribution is -2.24. The number of amidine groups is 1. The fourth-order valence-electron chi connectivity index (χ4n) is 8.90. The summed E-state index contributed by atoms with van der Waals surface area (Å²) >= 11 is 0. The van der Waals surface area contributed by atoms with E-state index in [9.17, 15) is 0 Å². The van der Waals surface area contributed by atoms with Gasteiger partial charge in [0.1, 0.15) is 17.4 Å². The number of fused-ring (bicyclic) bond motifs is 7. The molecule has 10 rings (SSSR count). The smallest absolute Gasteiger partial charge is 0.221 e. The van der Waals surface area contributed by atoms with Crippen molar-refractivity contribution in [2.75, 3.05) is 4.90 Å². The second-order valence-corrected chi connectivity index (χ2v) is 15.6. The number of benzene rings is 4. The quantitative estimate of drug-likeness (QED) is 0.191. The fraction of sp³-hybridized carbons (Fsp3) is 0.222. The van der Waals surface area contributed by atoms with Crippen LogP contribution in [0.25, 0.3) is 11.3 Å². The predicted octanol–water partition coefficient (Wildman–Crippen LogP) is 10.4. The zero-order valence-electron chi connectivity index (χ0n) is 28.6. The molecular formula is C45H38N4O. The highest BCUT2D eigenvalue weighted by Crippen LogP contribution is 2.53. The molecule has 1 atom stereocenters. The van der Waals surface area contributed by atoms with Crippen molar-refractivity contribution in [3.63, 3.8) is 0 Å². The van der Waals surface area contributed by atoms with E-state index in [4.69, 9.17) is 19.7 Å². The van der Waals surface area contributed by atoms with Gasteiger partial charge in [-0.25, -0.2) is 4.99 Å². The summed E-state index contributed by atoms with van der Waals surface area (Å²) in [5.41, 5.74) is 13.8. The van der Waals surface area contributed by atoms with E-state index in [2.05, 4.69) is 135 Å². The lowest BCUT2D eigenvalue weighted by molar-refractivity contribution is 0.326. The molecule has 1 unspecified atom stereocenters. The van der Waals surface area contributed by atoms with Crippen molar-refractivity contribution < 1.29 is 4.74 Å². The van der Waals surface area contributed by atoms with E-state index in [1.54, 1.807) is 0 Å². The molecule has 0 N–H and O–H groups in total. The van der Waals surface area contributed by atoms with E-state index in [0.717, 1.165) is 71.3 Å². The Kier molecular flexibility index (Phi) is 6.30. The van der Waals surface area contributed by atoms with Gasteiger partial charge in [-0.3, -0.25) is 9.88 Å². The third kappa shape index (κ3) is 4.63. The topological polar surface area (TPSA) is 50.6 Å². The molecule has 50 heavy (non-hydrogen) atoms. The number of ether oxygens (including phenoxy) is 1. The fourth-order valence-corrected chi connectivity index (χ4v) is 8.90. The minimum absolute atomic E-state index is 0.0820. The molecule has 0 radical (unpaired) electrons. The predicted molar refractivity (Wildman–Crippen MR) is 200 cm³/mol. The first kappa shape index (κ1) is 29.4. The van der Waals surface area contributed by atoms with Gasteiger partial charge in [-0.15, -0.1) is 0 Å². The van der Waals surface area contributed by atoms with E-state index in [-0.39, 0.29) is 16.7 Å². The second-order valence-electron chi connectivity index (χ2n) is 15.6. The monoisotopic (exact) mass is 650 g/mol. The van der Waals surface area contributed by atoms with E-state index in [1.165, 1.54) is 33.4 Å². The highest BCUT2D eigenvalue weighted by molar-refractivity contribution is 6.18. The standard InChI is InChI=1S/C45H38N4O/c1-44(2,3)31-21-40(49-39-18-9-7-15-34(39)42-33-14-6-8-17-38(33)47-43(42)49)48-41(22-31)50-32-20-30-26-45(24-28-12-4-5-13-29(28)25-45)27-36(30)35(23-32)37-16-10-11-19-46-37/h4-23,42H,24-27H2,1-3H3. The maximum atomic E-state index is 6.87. The number of nitrogens with zero attached hydrogens (tertiary/aromatic N) is 4. The molecule has 6 aromatic rings. The Labute approximate surface area is 293 Å². The van der Waals surface area contributed by atoms with Crippen molar-refractivity contribution in [1.29, 1.82) is 0 Å². The second kappa shape index (κ2) is 10.7. The molecule has 1 spiro atoms. The molecule has 0 saturated heterocycles. The van der Waals surface area contributed by atoms with Crippen molar-refractivity contribution in [3.05, 3.63) is 160 Å². The van der Waals surface area contributed by atoms with Crippen molar-refractivity contribution in [2.45, 2.75) is 57.8 Å². The summed E-state index contributed by atoms with van der Waals surface area (Å²) in [6.45, 7) is 6.73. The van der Waals surface area contributed by atoms with Crippen LogP contribution in [-0.4, -0.2) is 15.8 Å². The van der Waals surface area contributed by atoms with Gasteiger partial charge in [-0.1, -0.05) is 87.5 Å². The molecule has 0 fully saturated rings. The highest BCUT2D eigenvalue weighted by atomic mass is 16.5. The van der Waals surface area contributed by atoms with E-state index >= 15 is 0 Å². The molecule has 4 aliphatic rings. The minimum atomic E-state index is -0.129. The van der Waals surface area contributed by atoms with Gasteiger partial charge in [0.2, 0.25) is 5.88 Å². The summed E-state index contributed by atoms with van der Waals surface area (Å²) < 4.78 is 6.87. The van der Waals surface area contributed by atoms with E-state index in [1.807, 2.05) is 12.3 Å². The number of rotatable bonds is 4. The Balaban J connectivity index is 1.07. The zero-order chi connectivity index (χ0) is 33.6. The maximum Gasteiger partial charge on any atom is 0.221 e. The Hall–Kier alpha value is -5.55. The van der Waals surface area contributed by atoms with Crippen LogP contribution in [0.1, 0.15) is 65.6 Å². The Bertz CT molecular complexity index is 2350. The van der Waals surface area contributed by atoms with Crippen LogP contribution in [0.3, 0.4) is 0 Å². The first-order chi connectivity index (χ1) is 24.3. The zero-order valence-corrected chi connectivity index (χ0v) is 28.6. The Morgan fingerprint density at radius 3 is 2.22 bits per heavy atom. The average Bonchev–Trinajstić information content (AvgIpc) is 3.86. The molecule has 5 heteroatoms. The number of hydrogen-bond donors (Lipinski definition) is 0. The number of pyridine rings is 2. The van der Waals surface area contributed by atoms with Gasteiger partial charge in [0.05, 0.1) is 23.0 Å². The number of aliphatic imine (C=N–C) groups is 1. The van der Waals surface area contributed by atoms with Crippen LogP contribution in [0.15, 0.2) is 126 Å². The molecule has 4 aromatic carbocycles. The third-order valence-corrected chi connectivity index (χ3v) is 11.2. The highest BCUT2D eigenvalue weighted by Gasteiger charge is 2.44. The lowest BCUT2D eigenvalue weighted by Gasteiger charge is -2.25. The van der Waals surface area contributed by atoms with Crippen LogP contribution in [0.5, 0.6) is 11.6 Å². The van der Waals surface area contributed by atoms with Crippen molar-refractivity contribution in [2.24, 2.45) is 10.4 Å². The molecule has 244 valence electrons. The van der Waals surface area contributed by atoms with Crippen LogP contribution in [0.2, 0.25) is 0 Å². The summed E-state index contributed by atoms with van der Waals surface area (Å²) in [4.78, 5) is 17.5. The van der Waals surface area contributed by atoms with Crippen LogP contribution >= 0.6 is 0 Å². The first-order valence-electron chi connectivity index (χ1n) is 17.7. The number of anilines is 2. The van der Waals surface area contributed by atoms with E-state index in [0.29, 0.717) is 5.88 Å². The molecule has 0 bridgehead atoms. The summed E-state index contributed by atoms with van der Waals surface area (Å²) in [5, 5.41) is 0. The number of hydrogen-bond acceptors (Lipinski definition) is 5. The van der Waals surface area contributed by atoms with Gasteiger partial charge in [-0.05, 0) is 118 Å². The van der Waals surface area contributed by atoms with Crippen molar-refractivity contribution >= 4 is 23.0 Å². The van der Waals surface area contributed by atoms with Crippen LogP contribution in [-0.2, 0) is 31.1 Å². The third-order valence-electron chi connectivity index (χ3n) is 11.2. The molecule has 4 heterocycles. The van der Waals surface area contributed by atoms with Gasteiger partial charge < -0.3 is 4.74 Å². The van der Waals surface area contributed by atoms with Crippen LogP contribution in [0.4, 0.5) is 17.2 Å². The van der Waals surface area contributed by atoms with Gasteiger partial charge in [-0.2, -0.15) is 4.98 Å². The van der Waals surface area contributed by atoms with Crippen molar-refractivity contribution in [3.8, 4) is 22.9 Å². The summed E-state index contributed by atoms with van der Waals surface area (Å²) in [7, 11) is 0. The summed E-state index contributed by atoms with van der Waals surface area (Å²) in [6, 6.07) is 41.0. The number of para-hydroxylation sites is 2. The SMILES string of the molecule is CC(C)(C)c1cc(Oc2cc3c(c(-c4ccccn4)c2)CC2(Cc4ccccc4C2)C3)nc(N2C3=Nc4ccccc4C3c3ccccc32)c1. The number of aromatic nitrogens is 2. The Morgan fingerprint density at radius 1 is 0.720 bits per heavy atom. The lowest BCUT2D eigenvalue weighted by atomic mass is 9.81. The Morgan fingerprint density at radius 2 is 1.44 bits per heavy atom. The molecular weight excluding hydrogens is 613 g/mol. The average molecular weight is 651 g/mol. The molecule has 2 aromatic heterocycles. The maximum absolute atomic E-state index is 6.87. The summed E-state index contributed by atoms with van der Waals surface area (Å²) in [6.07, 6.45) is 6.18. The largest absolute Gasteiger partial charge is 0.439 e. The van der Waals surface area contributed by atoms with Gasteiger partial charge in [0.15, 0.2) is 0 Å². The minimum Gasteiger partial charge on any atom is -0.439 e. The summed E-state index contributed by atoms with van der Waals surface area (Å²) in [5.74, 6) is 3.28. The van der Waals surface area contributed by atoms with Gasteiger partial charge >= 0.3 is 0 Å². The van der Waals surface area contributed by atoms with Gasteiger partial charge in [0.25, 0.3) is 0 Å². The molecule has 5 nitrogen and oxygen atoms in total. The molecule has 2 aliphatic carbocycles. The van der Waals surface area contributed by atoms with Gasteiger partial charge in [0, 0.05) is 17.8 Å².